The molecule has 0 amide bonds. The van der Waals surface area contributed by atoms with Crippen molar-refractivity contribution in [1.29, 1.82) is 0 Å². The van der Waals surface area contributed by atoms with Gasteiger partial charge >= 0.3 is 0 Å². The van der Waals surface area contributed by atoms with Crippen molar-refractivity contribution in [3.05, 3.63) is 24.3 Å². The number of hydrogen-bond donors (Lipinski definition) is 2. The van der Waals surface area contributed by atoms with Crippen LogP contribution in [0, 0.1) is 0 Å². The van der Waals surface area contributed by atoms with Crippen molar-refractivity contribution in [3.63, 3.8) is 0 Å². The lowest BCUT2D eigenvalue weighted by Gasteiger charge is -2.09. The van der Waals surface area contributed by atoms with Gasteiger partial charge in [0.05, 0.1) is 0 Å². The topological polar surface area (TPSA) is 68.8 Å². The van der Waals surface area contributed by atoms with Gasteiger partial charge in [-0.15, -0.1) is 10.2 Å². The standard InChI is InChI=1S/C12H17N5/c1-3-14-12-16-15-11(17(12)4-2)9-7-5-6-8-10(9)13/h5-8H,3-4,13H2,1-2H3,(H,14,16). The van der Waals surface area contributed by atoms with Gasteiger partial charge in [0.2, 0.25) is 5.95 Å². The van der Waals surface area contributed by atoms with E-state index in [1.54, 1.807) is 0 Å². The van der Waals surface area contributed by atoms with E-state index in [0.717, 1.165) is 36.1 Å². The van der Waals surface area contributed by atoms with Crippen molar-refractivity contribution >= 4 is 11.6 Å². The van der Waals surface area contributed by atoms with Gasteiger partial charge in [0.1, 0.15) is 0 Å². The van der Waals surface area contributed by atoms with Crippen LogP contribution in [0.5, 0.6) is 0 Å². The maximum Gasteiger partial charge on any atom is 0.224 e. The summed E-state index contributed by atoms with van der Waals surface area (Å²) in [6, 6.07) is 7.70. The Hall–Kier alpha value is -2.04. The number of nitrogens with two attached hydrogens (primary N) is 1. The Morgan fingerprint density at radius 1 is 1.24 bits per heavy atom. The first-order valence-corrected chi connectivity index (χ1v) is 5.79. The van der Waals surface area contributed by atoms with Gasteiger partial charge in [-0.1, -0.05) is 12.1 Å². The van der Waals surface area contributed by atoms with Crippen molar-refractivity contribution in [2.75, 3.05) is 17.6 Å². The van der Waals surface area contributed by atoms with Crippen LogP contribution in [0.15, 0.2) is 24.3 Å². The Morgan fingerprint density at radius 2 is 2.00 bits per heavy atom. The largest absolute Gasteiger partial charge is 0.398 e. The summed E-state index contributed by atoms with van der Waals surface area (Å²) >= 11 is 0. The van der Waals surface area contributed by atoms with E-state index >= 15 is 0 Å². The summed E-state index contributed by atoms with van der Waals surface area (Å²) in [6.07, 6.45) is 0. The van der Waals surface area contributed by atoms with Crippen molar-refractivity contribution in [2.45, 2.75) is 20.4 Å². The van der Waals surface area contributed by atoms with Crippen LogP contribution in [0.4, 0.5) is 11.6 Å². The number of nitrogen functional groups attached to an aromatic ring is 1. The van der Waals surface area contributed by atoms with Crippen LogP contribution < -0.4 is 11.1 Å². The molecule has 0 radical (unpaired) electrons. The van der Waals surface area contributed by atoms with Crippen LogP contribution in [-0.2, 0) is 6.54 Å². The number of para-hydroxylation sites is 1. The fourth-order valence-electron chi connectivity index (χ4n) is 1.79. The van der Waals surface area contributed by atoms with Crippen LogP contribution in [0.25, 0.3) is 11.4 Å². The van der Waals surface area contributed by atoms with E-state index in [0.29, 0.717) is 0 Å². The molecule has 0 bridgehead atoms. The van der Waals surface area contributed by atoms with Gasteiger partial charge in [-0.2, -0.15) is 0 Å². The maximum atomic E-state index is 5.96. The molecule has 0 aliphatic carbocycles. The van der Waals surface area contributed by atoms with Crippen LogP contribution >= 0.6 is 0 Å². The molecule has 0 spiro atoms. The zero-order valence-electron chi connectivity index (χ0n) is 10.1. The summed E-state index contributed by atoms with van der Waals surface area (Å²) in [4.78, 5) is 0. The van der Waals surface area contributed by atoms with E-state index in [4.69, 9.17) is 5.73 Å². The molecule has 17 heavy (non-hydrogen) atoms. The number of aromatic nitrogens is 3. The smallest absolute Gasteiger partial charge is 0.224 e. The molecule has 1 aromatic carbocycles. The van der Waals surface area contributed by atoms with Gasteiger partial charge in [-0.05, 0) is 26.0 Å². The first-order valence-electron chi connectivity index (χ1n) is 5.79. The molecule has 0 atom stereocenters. The maximum absolute atomic E-state index is 5.96. The van der Waals surface area contributed by atoms with E-state index in [-0.39, 0.29) is 0 Å². The molecular formula is C12H17N5. The average Bonchev–Trinajstić information content (AvgIpc) is 2.73. The normalized spacial score (nSPS) is 10.5. The monoisotopic (exact) mass is 231 g/mol. The van der Waals surface area contributed by atoms with E-state index in [9.17, 15) is 0 Å². The van der Waals surface area contributed by atoms with Crippen molar-refractivity contribution in [2.24, 2.45) is 0 Å². The van der Waals surface area contributed by atoms with Gasteiger partial charge in [-0.25, -0.2) is 0 Å². The molecule has 1 aromatic heterocycles. The summed E-state index contributed by atoms with van der Waals surface area (Å²) in [5.74, 6) is 1.59. The highest BCUT2D eigenvalue weighted by Gasteiger charge is 2.13. The third-order valence-corrected chi connectivity index (χ3v) is 2.60. The lowest BCUT2D eigenvalue weighted by Crippen LogP contribution is -2.07. The average molecular weight is 231 g/mol. The second-order valence-corrected chi connectivity index (χ2v) is 3.71. The van der Waals surface area contributed by atoms with E-state index in [1.165, 1.54) is 0 Å². The van der Waals surface area contributed by atoms with Gasteiger partial charge in [0.15, 0.2) is 5.82 Å². The fraction of sp³-hybridized carbons (Fsp3) is 0.333. The number of nitrogens with zero attached hydrogens (tertiary/aromatic N) is 3. The Labute approximate surface area is 101 Å². The molecular weight excluding hydrogens is 214 g/mol. The Balaban J connectivity index is 2.49. The lowest BCUT2D eigenvalue weighted by molar-refractivity contribution is 0.770. The molecule has 5 heteroatoms. The molecule has 0 fully saturated rings. The summed E-state index contributed by atoms with van der Waals surface area (Å²) in [5.41, 5.74) is 7.60. The number of anilines is 2. The summed E-state index contributed by atoms with van der Waals surface area (Å²) in [6.45, 7) is 5.72. The number of nitrogens with one attached hydrogen (secondary N) is 1. The predicted molar refractivity (Wildman–Crippen MR) is 69.7 cm³/mol. The molecule has 3 N–H and O–H groups in total. The van der Waals surface area contributed by atoms with Crippen LogP contribution in [0.1, 0.15) is 13.8 Å². The van der Waals surface area contributed by atoms with Gasteiger partial charge < -0.3 is 11.1 Å². The zero-order valence-corrected chi connectivity index (χ0v) is 10.1. The van der Waals surface area contributed by atoms with E-state index < -0.39 is 0 Å². The highest BCUT2D eigenvalue weighted by Crippen LogP contribution is 2.25. The quantitative estimate of drug-likeness (QED) is 0.789. The Bertz CT molecular complexity index is 503. The molecule has 90 valence electrons. The third-order valence-electron chi connectivity index (χ3n) is 2.60. The number of benzene rings is 1. The zero-order chi connectivity index (χ0) is 12.3. The van der Waals surface area contributed by atoms with Crippen molar-refractivity contribution in [1.82, 2.24) is 14.8 Å². The predicted octanol–water partition coefficient (Wildman–Crippen LogP) is 1.98. The summed E-state index contributed by atoms with van der Waals surface area (Å²) in [5, 5.41) is 11.5. The fourth-order valence-corrected chi connectivity index (χ4v) is 1.79. The first-order chi connectivity index (χ1) is 8.27. The molecule has 1 heterocycles. The minimum Gasteiger partial charge on any atom is -0.398 e. The highest BCUT2D eigenvalue weighted by molar-refractivity contribution is 5.72. The van der Waals surface area contributed by atoms with Gasteiger partial charge in [-0.3, -0.25) is 4.57 Å². The van der Waals surface area contributed by atoms with Crippen molar-refractivity contribution < 1.29 is 0 Å². The second kappa shape index (κ2) is 4.86. The van der Waals surface area contributed by atoms with E-state index in [2.05, 4.69) is 22.4 Å². The molecule has 2 aromatic rings. The van der Waals surface area contributed by atoms with Crippen LogP contribution in [0.3, 0.4) is 0 Å². The number of hydrogen-bond acceptors (Lipinski definition) is 4. The molecule has 5 nitrogen and oxygen atoms in total. The highest BCUT2D eigenvalue weighted by atomic mass is 15.3. The molecule has 2 rings (SSSR count). The van der Waals surface area contributed by atoms with Gasteiger partial charge in [0, 0.05) is 24.3 Å². The van der Waals surface area contributed by atoms with Crippen LogP contribution in [-0.4, -0.2) is 21.3 Å². The first kappa shape index (κ1) is 11.4. The lowest BCUT2D eigenvalue weighted by atomic mass is 10.1. The molecule has 0 unspecified atom stereocenters. The van der Waals surface area contributed by atoms with Crippen LogP contribution in [0.2, 0.25) is 0 Å². The molecule has 0 saturated heterocycles. The van der Waals surface area contributed by atoms with E-state index in [1.807, 2.05) is 35.8 Å². The summed E-state index contributed by atoms with van der Waals surface area (Å²) < 4.78 is 2.02. The molecule has 0 aliphatic heterocycles. The molecule has 0 aliphatic rings. The minimum atomic E-state index is 0.720. The second-order valence-electron chi connectivity index (χ2n) is 3.71. The summed E-state index contributed by atoms with van der Waals surface area (Å²) in [7, 11) is 0. The Morgan fingerprint density at radius 3 is 2.65 bits per heavy atom. The Kier molecular flexibility index (Phi) is 3.27. The van der Waals surface area contributed by atoms with Crippen molar-refractivity contribution in [3.8, 4) is 11.4 Å². The third kappa shape index (κ3) is 2.08. The molecule has 0 saturated carbocycles. The minimum absolute atomic E-state index is 0.720. The SMILES string of the molecule is CCNc1nnc(-c2ccccc2N)n1CC. The number of rotatable bonds is 4. The van der Waals surface area contributed by atoms with Gasteiger partial charge in [0.25, 0.3) is 0 Å².